The van der Waals surface area contributed by atoms with E-state index in [0.29, 0.717) is 0 Å². The third-order valence-corrected chi connectivity index (χ3v) is 0.651. The third kappa shape index (κ3) is 2.08. The van der Waals surface area contributed by atoms with Crippen LogP contribution in [-0.4, -0.2) is 22.8 Å². The van der Waals surface area contributed by atoms with Crippen LogP contribution in [0, 0.1) is 0 Å². The molecule has 0 atom stereocenters. The van der Waals surface area contributed by atoms with Gasteiger partial charge in [0.1, 0.15) is 13.1 Å². The smallest absolute Gasteiger partial charge is 0.357 e. The van der Waals surface area contributed by atoms with Crippen LogP contribution in [0.3, 0.4) is 0 Å². The lowest BCUT2D eigenvalue weighted by Crippen LogP contribution is -1.94. The van der Waals surface area contributed by atoms with E-state index < -0.39 is 5.97 Å². The maximum Gasteiger partial charge on any atom is 0.357 e. The Morgan fingerprint density at radius 2 is 2.30 bits per heavy atom. The van der Waals surface area contributed by atoms with Crippen molar-refractivity contribution in [1.82, 2.24) is 4.98 Å². The zero-order valence-corrected chi connectivity index (χ0v) is 4.98. The highest BCUT2D eigenvalue weighted by Gasteiger charge is 2.02. The molecule has 5 heteroatoms. The number of oxazole rings is 1. The maximum absolute atomic E-state index is 9.94. The molecule has 0 aromatic carbocycles. The number of nitrogens with zero attached hydrogens (tertiary/aromatic N) is 1. The number of hydrogen-bond donors (Lipinski definition) is 1. The van der Waals surface area contributed by atoms with Gasteiger partial charge >= 0.3 is 5.97 Å². The molecule has 0 radical (unpaired) electrons. The highest BCUT2D eigenvalue weighted by atomic mass is 16.4. The lowest BCUT2D eigenvalue weighted by molar-refractivity contribution is -0.0980. The summed E-state index contributed by atoms with van der Waals surface area (Å²) in [6.45, 7) is 2.00. The van der Waals surface area contributed by atoms with E-state index in [9.17, 15) is 4.79 Å². The van der Waals surface area contributed by atoms with Crippen LogP contribution in [0.2, 0.25) is 0 Å². The zero-order valence-electron chi connectivity index (χ0n) is 4.98. The molecule has 0 fully saturated rings. The monoisotopic (exact) mass is 143 g/mol. The minimum absolute atomic E-state index is 0.0648. The van der Waals surface area contributed by atoms with Gasteiger partial charge in [-0.2, -0.15) is 0 Å². The van der Waals surface area contributed by atoms with Crippen LogP contribution in [0.15, 0.2) is 17.1 Å². The predicted molar refractivity (Wildman–Crippen MR) is 30.6 cm³/mol. The Hall–Kier alpha value is -1.65. The van der Waals surface area contributed by atoms with Crippen molar-refractivity contribution >= 4 is 12.8 Å². The van der Waals surface area contributed by atoms with E-state index in [1.807, 2.05) is 6.79 Å². The highest BCUT2D eigenvalue weighted by molar-refractivity contribution is 5.84. The summed E-state index contributed by atoms with van der Waals surface area (Å²) in [6.07, 6.45) is 2.14. The molecule has 5 nitrogen and oxygen atoms in total. The van der Waals surface area contributed by atoms with Gasteiger partial charge < -0.3 is 14.3 Å². The molecule has 1 aromatic heterocycles. The molecule has 0 aliphatic heterocycles. The molecular formula is C5H5NO4. The van der Waals surface area contributed by atoms with E-state index in [4.69, 9.17) is 9.90 Å². The van der Waals surface area contributed by atoms with E-state index >= 15 is 0 Å². The zero-order chi connectivity index (χ0) is 7.98. The van der Waals surface area contributed by atoms with Crippen molar-refractivity contribution in [2.75, 3.05) is 0 Å². The molecule has 1 N–H and O–H groups in total. The maximum atomic E-state index is 9.94. The van der Waals surface area contributed by atoms with Gasteiger partial charge in [-0.25, -0.2) is 9.78 Å². The summed E-state index contributed by atoms with van der Waals surface area (Å²) in [5, 5.41) is 8.15. The first-order valence-corrected chi connectivity index (χ1v) is 2.21. The molecule has 0 saturated carbocycles. The summed E-state index contributed by atoms with van der Waals surface area (Å²) in [6, 6.07) is 0. The molecule has 1 heterocycles. The number of carboxylic acid groups (broad SMARTS) is 1. The Bertz CT molecular complexity index is 193. The number of carbonyl (C=O) groups is 2. The fourth-order valence-electron chi connectivity index (χ4n) is 0.318. The van der Waals surface area contributed by atoms with Gasteiger partial charge in [0, 0.05) is 0 Å². The van der Waals surface area contributed by atoms with Gasteiger partial charge in [-0.15, -0.1) is 0 Å². The minimum atomic E-state index is -1.07. The second-order valence-corrected chi connectivity index (χ2v) is 1.18. The molecule has 0 aliphatic rings. The second-order valence-electron chi connectivity index (χ2n) is 1.18. The van der Waals surface area contributed by atoms with Crippen LogP contribution in [0.1, 0.15) is 10.5 Å². The fourth-order valence-corrected chi connectivity index (χ4v) is 0.318. The highest BCUT2D eigenvalue weighted by Crippen LogP contribution is 1.91. The number of aromatic carboxylic acids is 1. The van der Waals surface area contributed by atoms with Crippen molar-refractivity contribution in [1.29, 1.82) is 0 Å². The van der Waals surface area contributed by atoms with Gasteiger partial charge in [0.25, 0.3) is 0 Å². The molecule has 1 rings (SSSR count). The van der Waals surface area contributed by atoms with Crippen molar-refractivity contribution in [3.8, 4) is 0 Å². The van der Waals surface area contributed by atoms with Crippen molar-refractivity contribution in [3.63, 3.8) is 0 Å². The van der Waals surface area contributed by atoms with Gasteiger partial charge in [-0.05, 0) is 0 Å². The summed E-state index contributed by atoms with van der Waals surface area (Å²) in [5.74, 6) is -1.07. The number of carbonyl (C=O) groups excluding carboxylic acids is 1. The molecule has 0 spiro atoms. The lowest BCUT2D eigenvalue weighted by atomic mass is 10.5. The average molecular weight is 143 g/mol. The summed E-state index contributed by atoms with van der Waals surface area (Å²) in [7, 11) is 0. The number of hydrogen-bond acceptors (Lipinski definition) is 4. The van der Waals surface area contributed by atoms with E-state index in [1.165, 1.54) is 0 Å². The summed E-state index contributed by atoms with van der Waals surface area (Å²) >= 11 is 0. The Morgan fingerprint density at radius 3 is 2.50 bits per heavy atom. The summed E-state index contributed by atoms with van der Waals surface area (Å²) in [4.78, 5) is 21.3. The molecule has 0 aliphatic carbocycles. The van der Waals surface area contributed by atoms with Crippen molar-refractivity contribution in [2.45, 2.75) is 0 Å². The van der Waals surface area contributed by atoms with Crippen molar-refractivity contribution in [2.24, 2.45) is 0 Å². The third-order valence-electron chi connectivity index (χ3n) is 0.651. The lowest BCUT2D eigenvalue weighted by Gasteiger charge is -1.75. The van der Waals surface area contributed by atoms with E-state index in [0.717, 1.165) is 12.7 Å². The molecule has 54 valence electrons. The van der Waals surface area contributed by atoms with Gasteiger partial charge in [0.05, 0.1) is 0 Å². The topological polar surface area (TPSA) is 80.4 Å². The average Bonchev–Trinajstić information content (AvgIpc) is 2.42. The van der Waals surface area contributed by atoms with Crippen molar-refractivity contribution in [3.05, 3.63) is 18.4 Å². The molecule has 0 bridgehead atoms. The molecule has 0 saturated heterocycles. The van der Waals surface area contributed by atoms with Crippen LogP contribution < -0.4 is 0 Å². The number of carboxylic acids is 1. The van der Waals surface area contributed by atoms with E-state index in [1.54, 1.807) is 0 Å². The van der Waals surface area contributed by atoms with E-state index in [-0.39, 0.29) is 5.69 Å². The summed E-state index contributed by atoms with van der Waals surface area (Å²) in [5.41, 5.74) is -0.0648. The Morgan fingerprint density at radius 1 is 1.70 bits per heavy atom. The first kappa shape index (κ1) is 8.35. The van der Waals surface area contributed by atoms with Crippen molar-refractivity contribution < 1.29 is 19.1 Å². The van der Waals surface area contributed by atoms with Gasteiger partial charge in [-0.1, -0.05) is 0 Å². The minimum Gasteiger partial charge on any atom is -0.476 e. The SMILES string of the molecule is C=O.O=C(O)c1cocn1. The first-order chi connectivity index (χ1) is 4.80. The summed E-state index contributed by atoms with van der Waals surface area (Å²) < 4.78 is 4.38. The number of aromatic nitrogens is 1. The molecular weight excluding hydrogens is 138 g/mol. The van der Waals surface area contributed by atoms with Crippen LogP contribution in [-0.2, 0) is 4.79 Å². The Kier molecular flexibility index (Phi) is 3.55. The molecule has 0 amide bonds. The van der Waals surface area contributed by atoms with Crippen LogP contribution >= 0.6 is 0 Å². The Labute approximate surface area is 56.3 Å². The predicted octanol–water partition coefficient (Wildman–Crippen LogP) is 0.188. The van der Waals surface area contributed by atoms with Crippen LogP contribution in [0.4, 0.5) is 0 Å². The first-order valence-electron chi connectivity index (χ1n) is 2.21. The van der Waals surface area contributed by atoms with Gasteiger partial charge in [-0.3, -0.25) is 0 Å². The normalized spacial score (nSPS) is 7.60. The standard InChI is InChI=1S/C4H3NO3.CH2O/c6-4(7)3-1-8-2-5-3;1-2/h1-2H,(H,6,7);1H2. The number of rotatable bonds is 1. The molecule has 10 heavy (non-hydrogen) atoms. The van der Waals surface area contributed by atoms with Gasteiger partial charge in [0.15, 0.2) is 12.1 Å². The quantitative estimate of drug-likeness (QED) is 0.606. The Balaban J connectivity index is 0.000000371. The second kappa shape index (κ2) is 4.25. The van der Waals surface area contributed by atoms with Crippen LogP contribution in [0.5, 0.6) is 0 Å². The fraction of sp³-hybridized carbons (Fsp3) is 0. The molecule has 1 aromatic rings. The van der Waals surface area contributed by atoms with Gasteiger partial charge in [0.2, 0.25) is 0 Å². The van der Waals surface area contributed by atoms with E-state index in [2.05, 4.69) is 9.40 Å². The largest absolute Gasteiger partial charge is 0.476 e. The molecule has 0 unspecified atom stereocenters. The van der Waals surface area contributed by atoms with Crippen LogP contribution in [0.25, 0.3) is 0 Å².